The molecule has 3 rings (SSSR count). The molecule has 0 radical (unpaired) electrons. The van der Waals surface area contributed by atoms with Crippen LogP contribution in [0.1, 0.15) is 18.3 Å². The van der Waals surface area contributed by atoms with Gasteiger partial charge in [0.1, 0.15) is 17.3 Å². The summed E-state index contributed by atoms with van der Waals surface area (Å²) in [6.07, 6.45) is 0.895. The van der Waals surface area contributed by atoms with Gasteiger partial charge in [-0.05, 0) is 18.2 Å². The molecule has 0 atom stereocenters. The lowest BCUT2D eigenvalue weighted by molar-refractivity contribution is 0.245. The van der Waals surface area contributed by atoms with Crippen LogP contribution < -0.4 is 14.4 Å². The molecule has 0 spiro atoms. The van der Waals surface area contributed by atoms with E-state index in [0.29, 0.717) is 0 Å². The van der Waals surface area contributed by atoms with Gasteiger partial charge < -0.3 is 14.4 Å². The standard InChI is InChI=1S/C17H24N4O2S/c1-4-16-18-17(24-19-16)21-9-7-20(8-10-21)12-13-11-14(22-2)5-6-15(13)23-3/h5-6,11H,4,7-10,12H2,1-3H3. The van der Waals surface area contributed by atoms with E-state index < -0.39 is 0 Å². The van der Waals surface area contributed by atoms with Gasteiger partial charge in [0.15, 0.2) is 0 Å². The fraction of sp³-hybridized carbons (Fsp3) is 0.529. The maximum atomic E-state index is 5.48. The molecular weight excluding hydrogens is 324 g/mol. The lowest BCUT2D eigenvalue weighted by Crippen LogP contribution is -2.46. The molecule has 6 nitrogen and oxygen atoms in total. The molecule has 2 heterocycles. The third kappa shape index (κ3) is 3.79. The van der Waals surface area contributed by atoms with Gasteiger partial charge in [0.25, 0.3) is 0 Å². The minimum absolute atomic E-state index is 0.866. The summed E-state index contributed by atoms with van der Waals surface area (Å²) < 4.78 is 15.2. The van der Waals surface area contributed by atoms with Crippen LogP contribution in [0.5, 0.6) is 11.5 Å². The smallest absolute Gasteiger partial charge is 0.205 e. The Balaban J connectivity index is 1.61. The molecular formula is C17H24N4O2S. The summed E-state index contributed by atoms with van der Waals surface area (Å²) in [5.41, 5.74) is 1.16. The highest BCUT2D eigenvalue weighted by Gasteiger charge is 2.21. The van der Waals surface area contributed by atoms with Crippen LogP contribution in [0.2, 0.25) is 0 Å². The van der Waals surface area contributed by atoms with Gasteiger partial charge in [-0.2, -0.15) is 4.37 Å². The van der Waals surface area contributed by atoms with Crippen molar-refractivity contribution in [2.75, 3.05) is 45.3 Å². The summed E-state index contributed by atoms with van der Waals surface area (Å²) in [7, 11) is 3.40. The van der Waals surface area contributed by atoms with Crippen LogP contribution in [0.15, 0.2) is 18.2 Å². The Morgan fingerprint density at radius 3 is 2.54 bits per heavy atom. The van der Waals surface area contributed by atoms with Crippen molar-refractivity contribution in [3.05, 3.63) is 29.6 Å². The van der Waals surface area contributed by atoms with Gasteiger partial charge in [-0.3, -0.25) is 4.90 Å². The van der Waals surface area contributed by atoms with E-state index in [1.165, 1.54) is 11.5 Å². The second kappa shape index (κ2) is 7.81. The number of piperazine rings is 1. The first kappa shape index (κ1) is 17.0. The van der Waals surface area contributed by atoms with E-state index in [9.17, 15) is 0 Å². The summed E-state index contributed by atoms with van der Waals surface area (Å²) in [5.74, 6) is 2.72. The highest BCUT2D eigenvalue weighted by atomic mass is 32.1. The van der Waals surface area contributed by atoms with Gasteiger partial charge in [-0.1, -0.05) is 6.92 Å². The molecule has 2 aromatic rings. The first-order valence-corrected chi connectivity index (χ1v) is 9.01. The predicted molar refractivity (Wildman–Crippen MR) is 96.3 cm³/mol. The molecule has 130 valence electrons. The van der Waals surface area contributed by atoms with Crippen LogP contribution >= 0.6 is 11.5 Å². The van der Waals surface area contributed by atoms with Crippen LogP contribution in [0.25, 0.3) is 0 Å². The summed E-state index contributed by atoms with van der Waals surface area (Å²) in [5, 5.41) is 1.05. The largest absolute Gasteiger partial charge is 0.497 e. The van der Waals surface area contributed by atoms with Crippen LogP contribution in [0.3, 0.4) is 0 Å². The average Bonchev–Trinajstić information content (AvgIpc) is 3.11. The van der Waals surface area contributed by atoms with Crippen molar-refractivity contribution in [1.82, 2.24) is 14.3 Å². The molecule has 1 saturated heterocycles. The molecule has 0 bridgehead atoms. The molecule has 0 amide bonds. The number of methoxy groups -OCH3 is 2. The van der Waals surface area contributed by atoms with Crippen molar-refractivity contribution in [2.24, 2.45) is 0 Å². The van der Waals surface area contributed by atoms with Crippen molar-refractivity contribution in [3.8, 4) is 11.5 Å². The molecule has 1 aromatic carbocycles. The second-order valence-electron chi connectivity index (χ2n) is 5.79. The fourth-order valence-corrected chi connectivity index (χ4v) is 3.66. The van der Waals surface area contributed by atoms with Gasteiger partial charge in [0.05, 0.1) is 14.2 Å². The van der Waals surface area contributed by atoms with Gasteiger partial charge >= 0.3 is 0 Å². The zero-order chi connectivity index (χ0) is 16.9. The molecule has 1 aliphatic rings. The number of rotatable bonds is 6. The Hall–Kier alpha value is -1.86. The van der Waals surface area contributed by atoms with Gasteiger partial charge in [0.2, 0.25) is 5.13 Å². The van der Waals surface area contributed by atoms with Crippen LogP contribution in [-0.4, -0.2) is 54.7 Å². The Labute approximate surface area is 147 Å². The zero-order valence-electron chi connectivity index (χ0n) is 14.5. The summed E-state index contributed by atoms with van der Waals surface area (Å²) in [6.45, 7) is 6.91. The second-order valence-corrected chi connectivity index (χ2v) is 6.52. The number of benzene rings is 1. The molecule has 0 aliphatic carbocycles. The Bertz CT molecular complexity index is 668. The maximum absolute atomic E-state index is 5.48. The van der Waals surface area contributed by atoms with E-state index in [4.69, 9.17) is 9.47 Å². The monoisotopic (exact) mass is 348 g/mol. The molecule has 24 heavy (non-hydrogen) atoms. The number of aryl methyl sites for hydroxylation is 1. The normalized spacial score (nSPS) is 15.5. The van der Waals surface area contributed by atoms with Gasteiger partial charge in [-0.25, -0.2) is 4.98 Å². The van der Waals surface area contributed by atoms with Crippen LogP contribution in [-0.2, 0) is 13.0 Å². The Morgan fingerprint density at radius 2 is 1.92 bits per heavy atom. The third-order valence-electron chi connectivity index (χ3n) is 4.30. The molecule has 0 N–H and O–H groups in total. The molecule has 0 saturated carbocycles. The third-order valence-corrected chi connectivity index (χ3v) is 5.11. The lowest BCUT2D eigenvalue weighted by Gasteiger charge is -2.34. The maximum Gasteiger partial charge on any atom is 0.205 e. The number of hydrogen-bond acceptors (Lipinski definition) is 7. The highest BCUT2D eigenvalue weighted by Crippen LogP contribution is 2.26. The molecule has 1 fully saturated rings. The van der Waals surface area contributed by atoms with Crippen LogP contribution in [0, 0.1) is 0 Å². The SMILES string of the molecule is CCc1nsc(N2CCN(Cc3cc(OC)ccc3OC)CC2)n1. The average molecular weight is 348 g/mol. The Morgan fingerprint density at radius 1 is 1.12 bits per heavy atom. The van der Waals surface area contributed by atoms with E-state index in [0.717, 1.165) is 67.2 Å². The number of nitrogens with zero attached hydrogens (tertiary/aromatic N) is 4. The van der Waals surface area contributed by atoms with E-state index in [1.807, 2.05) is 12.1 Å². The van der Waals surface area contributed by atoms with Crippen molar-refractivity contribution in [3.63, 3.8) is 0 Å². The topological polar surface area (TPSA) is 50.7 Å². The zero-order valence-corrected chi connectivity index (χ0v) is 15.3. The van der Waals surface area contributed by atoms with Crippen molar-refractivity contribution in [1.29, 1.82) is 0 Å². The number of ether oxygens (including phenoxy) is 2. The van der Waals surface area contributed by atoms with Crippen LogP contribution in [0.4, 0.5) is 5.13 Å². The summed E-state index contributed by atoms with van der Waals surface area (Å²) >= 11 is 1.51. The summed E-state index contributed by atoms with van der Waals surface area (Å²) in [4.78, 5) is 9.36. The lowest BCUT2D eigenvalue weighted by atomic mass is 10.1. The van der Waals surface area contributed by atoms with Gasteiger partial charge in [0, 0.05) is 56.2 Å². The number of hydrogen-bond donors (Lipinski definition) is 0. The molecule has 7 heteroatoms. The van der Waals surface area contributed by atoms with Crippen molar-refractivity contribution in [2.45, 2.75) is 19.9 Å². The van der Waals surface area contributed by atoms with Gasteiger partial charge in [-0.15, -0.1) is 0 Å². The first-order valence-electron chi connectivity index (χ1n) is 8.24. The highest BCUT2D eigenvalue weighted by molar-refractivity contribution is 7.09. The fourth-order valence-electron chi connectivity index (χ4n) is 2.86. The predicted octanol–water partition coefficient (Wildman–Crippen LogP) is 2.44. The molecule has 0 unspecified atom stereocenters. The minimum Gasteiger partial charge on any atom is -0.497 e. The Kier molecular flexibility index (Phi) is 5.52. The van der Waals surface area contributed by atoms with E-state index in [2.05, 4.69) is 32.1 Å². The van der Waals surface area contributed by atoms with E-state index in [1.54, 1.807) is 14.2 Å². The minimum atomic E-state index is 0.866. The molecule has 1 aliphatic heterocycles. The van der Waals surface area contributed by atoms with E-state index in [-0.39, 0.29) is 0 Å². The van der Waals surface area contributed by atoms with Crippen molar-refractivity contribution >= 4 is 16.7 Å². The first-order chi connectivity index (χ1) is 11.7. The summed E-state index contributed by atoms with van der Waals surface area (Å²) in [6, 6.07) is 5.96. The number of anilines is 1. The quantitative estimate of drug-likeness (QED) is 0.799. The number of aromatic nitrogens is 2. The van der Waals surface area contributed by atoms with E-state index >= 15 is 0 Å². The molecule has 1 aromatic heterocycles. The van der Waals surface area contributed by atoms with Crippen molar-refractivity contribution < 1.29 is 9.47 Å².